The highest BCUT2D eigenvalue weighted by Crippen LogP contribution is 2.19. The first-order chi connectivity index (χ1) is 6.77. The van der Waals surface area contributed by atoms with Crippen molar-refractivity contribution in [3.63, 3.8) is 0 Å². The van der Waals surface area contributed by atoms with Gasteiger partial charge in [0.25, 0.3) is 0 Å². The van der Waals surface area contributed by atoms with E-state index in [4.69, 9.17) is 4.74 Å². The first kappa shape index (κ1) is 10.8. The lowest BCUT2D eigenvalue weighted by molar-refractivity contribution is 0.183. The minimum atomic E-state index is -0.346. The third-order valence-electron chi connectivity index (χ3n) is 1.97. The summed E-state index contributed by atoms with van der Waals surface area (Å²) < 4.78 is 5.10. The van der Waals surface area contributed by atoms with E-state index in [1.807, 2.05) is 13.0 Å². The van der Waals surface area contributed by atoms with Crippen molar-refractivity contribution in [1.29, 1.82) is 0 Å². The van der Waals surface area contributed by atoms with Crippen molar-refractivity contribution in [2.75, 3.05) is 19.0 Å². The lowest BCUT2D eigenvalue weighted by atomic mass is 10.3. The highest BCUT2D eigenvalue weighted by molar-refractivity contribution is 5.49. The van der Waals surface area contributed by atoms with E-state index < -0.39 is 0 Å². The number of pyridine rings is 1. The molecule has 4 nitrogen and oxygen atoms in total. The van der Waals surface area contributed by atoms with Gasteiger partial charge in [0, 0.05) is 12.7 Å². The van der Waals surface area contributed by atoms with Crippen molar-refractivity contribution in [3.05, 3.63) is 18.3 Å². The topological polar surface area (TPSA) is 54.4 Å². The normalized spacial score (nSPS) is 12.2. The van der Waals surface area contributed by atoms with E-state index in [1.54, 1.807) is 19.4 Å². The Hall–Kier alpha value is -1.29. The van der Waals surface area contributed by atoms with Gasteiger partial charge in [-0.05, 0) is 18.6 Å². The number of hydrogen-bond donors (Lipinski definition) is 2. The fraction of sp³-hybridized carbons (Fsp3) is 0.500. The molecule has 0 saturated carbocycles. The minimum Gasteiger partial charge on any atom is -0.493 e. The number of methoxy groups -OCH3 is 1. The van der Waals surface area contributed by atoms with Gasteiger partial charge >= 0.3 is 0 Å². The first-order valence-electron chi connectivity index (χ1n) is 4.68. The predicted molar refractivity (Wildman–Crippen MR) is 55.6 cm³/mol. The van der Waals surface area contributed by atoms with Gasteiger partial charge in [0.2, 0.25) is 0 Å². The largest absolute Gasteiger partial charge is 0.493 e. The van der Waals surface area contributed by atoms with Gasteiger partial charge in [0.1, 0.15) is 0 Å². The summed E-state index contributed by atoms with van der Waals surface area (Å²) in [6.07, 6.45) is 2.06. The fourth-order valence-electron chi connectivity index (χ4n) is 1.05. The molecule has 0 radical (unpaired) electrons. The van der Waals surface area contributed by atoms with Crippen LogP contribution in [0, 0.1) is 0 Å². The molecule has 0 saturated heterocycles. The zero-order valence-electron chi connectivity index (χ0n) is 8.53. The molecule has 2 N–H and O–H groups in total. The van der Waals surface area contributed by atoms with E-state index in [0.717, 1.165) is 6.42 Å². The summed E-state index contributed by atoms with van der Waals surface area (Å²) in [4.78, 5) is 4.11. The van der Waals surface area contributed by atoms with Crippen LogP contribution >= 0.6 is 0 Å². The fourth-order valence-corrected chi connectivity index (χ4v) is 1.05. The number of nitrogens with zero attached hydrogens (tertiary/aromatic N) is 1. The molecule has 4 heteroatoms. The summed E-state index contributed by atoms with van der Waals surface area (Å²) in [6.45, 7) is 2.42. The van der Waals surface area contributed by atoms with Crippen LogP contribution in [-0.2, 0) is 0 Å². The Morgan fingerprint density at radius 3 is 3.07 bits per heavy atom. The standard InChI is InChI=1S/C10H16N2O2/c1-3-8(13)7-12-10-9(14-2)5-4-6-11-10/h4-6,8,13H,3,7H2,1-2H3,(H,11,12). The summed E-state index contributed by atoms with van der Waals surface area (Å²) in [5, 5.41) is 12.4. The Labute approximate surface area is 83.9 Å². The zero-order valence-corrected chi connectivity index (χ0v) is 8.53. The number of aliphatic hydroxyl groups excluding tert-OH is 1. The Morgan fingerprint density at radius 2 is 2.43 bits per heavy atom. The Morgan fingerprint density at radius 1 is 1.64 bits per heavy atom. The number of ether oxygens (including phenoxy) is 1. The smallest absolute Gasteiger partial charge is 0.168 e. The van der Waals surface area contributed by atoms with Gasteiger partial charge in [0.15, 0.2) is 11.6 Å². The maximum Gasteiger partial charge on any atom is 0.168 e. The molecule has 1 aromatic rings. The van der Waals surface area contributed by atoms with Crippen LogP contribution in [0.15, 0.2) is 18.3 Å². The second-order valence-electron chi connectivity index (χ2n) is 3.00. The van der Waals surface area contributed by atoms with Crippen LogP contribution in [0.25, 0.3) is 0 Å². The van der Waals surface area contributed by atoms with Crippen molar-refractivity contribution >= 4 is 5.82 Å². The SMILES string of the molecule is CCC(O)CNc1ncccc1OC. The summed E-state index contributed by atoms with van der Waals surface area (Å²) in [6, 6.07) is 3.63. The van der Waals surface area contributed by atoms with Crippen molar-refractivity contribution in [2.45, 2.75) is 19.4 Å². The van der Waals surface area contributed by atoms with E-state index in [2.05, 4.69) is 10.3 Å². The Kier molecular flexibility index (Phi) is 4.19. The number of aromatic nitrogens is 1. The molecule has 0 aliphatic rings. The minimum absolute atomic E-state index is 0.346. The average Bonchev–Trinajstić information content (AvgIpc) is 2.26. The van der Waals surface area contributed by atoms with Gasteiger partial charge < -0.3 is 15.2 Å². The molecule has 1 heterocycles. The molecule has 0 aromatic carbocycles. The summed E-state index contributed by atoms with van der Waals surface area (Å²) in [7, 11) is 1.60. The van der Waals surface area contributed by atoms with Crippen LogP contribution in [0.1, 0.15) is 13.3 Å². The summed E-state index contributed by atoms with van der Waals surface area (Å²) in [5.74, 6) is 1.36. The molecule has 0 aliphatic carbocycles. The van der Waals surface area contributed by atoms with E-state index in [1.165, 1.54) is 0 Å². The molecule has 0 bridgehead atoms. The van der Waals surface area contributed by atoms with Crippen LogP contribution < -0.4 is 10.1 Å². The Balaban J connectivity index is 2.57. The molecule has 14 heavy (non-hydrogen) atoms. The number of nitrogens with one attached hydrogen (secondary N) is 1. The molecule has 1 aromatic heterocycles. The Bertz CT molecular complexity index is 279. The van der Waals surface area contributed by atoms with Gasteiger partial charge in [-0.2, -0.15) is 0 Å². The van der Waals surface area contributed by atoms with Crippen LogP contribution in [0.3, 0.4) is 0 Å². The van der Waals surface area contributed by atoms with E-state index >= 15 is 0 Å². The van der Waals surface area contributed by atoms with Gasteiger partial charge in [-0.25, -0.2) is 4.98 Å². The van der Waals surface area contributed by atoms with Crippen LogP contribution in [-0.4, -0.2) is 29.8 Å². The molecule has 78 valence electrons. The molecular formula is C10H16N2O2. The average molecular weight is 196 g/mol. The number of hydrogen-bond acceptors (Lipinski definition) is 4. The lowest BCUT2D eigenvalue weighted by Crippen LogP contribution is -2.19. The summed E-state index contributed by atoms with van der Waals surface area (Å²) >= 11 is 0. The van der Waals surface area contributed by atoms with E-state index in [0.29, 0.717) is 18.1 Å². The monoisotopic (exact) mass is 196 g/mol. The highest BCUT2D eigenvalue weighted by Gasteiger charge is 2.04. The van der Waals surface area contributed by atoms with Crippen LogP contribution in [0.5, 0.6) is 5.75 Å². The third-order valence-corrected chi connectivity index (χ3v) is 1.97. The van der Waals surface area contributed by atoms with Crippen LogP contribution in [0.2, 0.25) is 0 Å². The predicted octanol–water partition coefficient (Wildman–Crippen LogP) is 1.27. The zero-order chi connectivity index (χ0) is 10.4. The van der Waals surface area contributed by atoms with Crippen molar-refractivity contribution in [1.82, 2.24) is 4.98 Å². The maximum absolute atomic E-state index is 9.35. The molecule has 1 atom stereocenters. The number of anilines is 1. The van der Waals surface area contributed by atoms with Crippen molar-refractivity contribution in [3.8, 4) is 5.75 Å². The van der Waals surface area contributed by atoms with Gasteiger partial charge in [0.05, 0.1) is 13.2 Å². The number of rotatable bonds is 5. The lowest BCUT2D eigenvalue weighted by Gasteiger charge is -2.12. The second-order valence-corrected chi connectivity index (χ2v) is 3.00. The van der Waals surface area contributed by atoms with E-state index in [9.17, 15) is 5.11 Å². The molecular weight excluding hydrogens is 180 g/mol. The molecule has 0 spiro atoms. The molecule has 1 unspecified atom stereocenters. The third kappa shape index (κ3) is 2.88. The van der Waals surface area contributed by atoms with Gasteiger partial charge in [-0.3, -0.25) is 0 Å². The molecule has 0 amide bonds. The molecule has 0 fully saturated rings. The van der Waals surface area contributed by atoms with Crippen LogP contribution in [0.4, 0.5) is 5.82 Å². The summed E-state index contributed by atoms with van der Waals surface area (Å²) in [5.41, 5.74) is 0. The number of aliphatic hydroxyl groups is 1. The molecule has 1 rings (SSSR count). The van der Waals surface area contributed by atoms with Crippen molar-refractivity contribution in [2.24, 2.45) is 0 Å². The quantitative estimate of drug-likeness (QED) is 0.744. The van der Waals surface area contributed by atoms with E-state index in [-0.39, 0.29) is 6.10 Å². The van der Waals surface area contributed by atoms with Gasteiger partial charge in [-0.15, -0.1) is 0 Å². The van der Waals surface area contributed by atoms with Gasteiger partial charge in [-0.1, -0.05) is 6.92 Å². The molecule has 0 aliphatic heterocycles. The van der Waals surface area contributed by atoms with Crippen molar-refractivity contribution < 1.29 is 9.84 Å². The highest BCUT2D eigenvalue weighted by atomic mass is 16.5. The first-order valence-corrected chi connectivity index (χ1v) is 4.68. The maximum atomic E-state index is 9.35. The second kappa shape index (κ2) is 5.44.